The molecule has 3 N–H and O–H groups in total. The number of benzene rings is 2. The summed E-state index contributed by atoms with van der Waals surface area (Å²) in [5, 5.41) is 18.7. The normalized spacial score (nSPS) is 11.4. The minimum atomic E-state index is -3.82. The monoisotopic (exact) mass is 376 g/mol. The molecule has 3 aromatic rings. The molecule has 127 valence electrons. The van der Waals surface area contributed by atoms with Gasteiger partial charge in [0.05, 0.1) is 10.6 Å². The first kappa shape index (κ1) is 17.2. The Bertz CT molecular complexity index is 1040. The molecule has 25 heavy (non-hydrogen) atoms. The average molecular weight is 377 g/mol. The first-order valence-corrected chi connectivity index (χ1v) is 8.83. The van der Waals surface area contributed by atoms with Crippen molar-refractivity contribution in [1.29, 1.82) is 0 Å². The summed E-state index contributed by atoms with van der Waals surface area (Å²) < 4.78 is 23.5. The highest BCUT2D eigenvalue weighted by Gasteiger charge is 2.19. The van der Waals surface area contributed by atoms with Gasteiger partial charge < -0.3 is 5.11 Å². The van der Waals surface area contributed by atoms with Crippen LogP contribution in [0.15, 0.2) is 53.4 Å². The lowest BCUT2D eigenvalue weighted by Gasteiger charge is -2.07. The molecular weight excluding hydrogens is 366 g/mol. The SMILES string of the molecule is NS(=O)(=O)c1ccc(-c2[c]nn(C(=O)O)c2-c2ccc(Cl)cc2)cc1. The zero-order chi connectivity index (χ0) is 18.2. The van der Waals surface area contributed by atoms with E-state index in [4.69, 9.17) is 16.7 Å². The lowest BCUT2D eigenvalue weighted by atomic mass is 10.0. The van der Waals surface area contributed by atoms with Crippen molar-refractivity contribution in [3.05, 3.63) is 59.8 Å². The standard InChI is InChI=1S/C16H11ClN3O4S/c17-12-5-1-11(2-6-12)15-14(9-19-20(15)16(21)22)10-3-7-13(8-4-10)25(18,23)24/h1-8H,(H,21,22)(H2,18,23,24). The largest absolute Gasteiger partial charge is 0.463 e. The molecule has 0 fully saturated rings. The van der Waals surface area contributed by atoms with Gasteiger partial charge >= 0.3 is 6.09 Å². The molecule has 1 heterocycles. The van der Waals surface area contributed by atoms with Gasteiger partial charge in [0.15, 0.2) is 0 Å². The van der Waals surface area contributed by atoms with Gasteiger partial charge in [-0.3, -0.25) is 0 Å². The number of sulfonamides is 1. The molecule has 0 aliphatic carbocycles. The van der Waals surface area contributed by atoms with Gasteiger partial charge in [-0.1, -0.05) is 35.9 Å². The van der Waals surface area contributed by atoms with Crippen molar-refractivity contribution in [2.45, 2.75) is 4.90 Å². The molecule has 3 rings (SSSR count). The van der Waals surface area contributed by atoms with E-state index in [-0.39, 0.29) is 4.90 Å². The smallest absolute Gasteiger partial charge is 0.432 e. The van der Waals surface area contributed by atoms with Crippen LogP contribution in [0.25, 0.3) is 22.4 Å². The number of halogens is 1. The third kappa shape index (κ3) is 3.41. The summed E-state index contributed by atoms with van der Waals surface area (Å²) in [6, 6.07) is 12.3. The highest BCUT2D eigenvalue weighted by molar-refractivity contribution is 7.89. The number of carbonyl (C=O) groups is 1. The highest BCUT2D eigenvalue weighted by atomic mass is 35.5. The van der Waals surface area contributed by atoms with Crippen LogP contribution in [0.2, 0.25) is 5.02 Å². The van der Waals surface area contributed by atoms with E-state index >= 15 is 0 Å². The Morgan fingerprint density at radius 1 is 1.08 bits per heavy atom. The van der Waals surface area contributed by atoms with Gasteiger partial charge in [-0.2, -0.15) is 9.78 Å². The van der Waals surface area contributed by atoms with Crippen LogP contribution in [0.3, 0.4) is 0 Å². The van der Waals surface area contributed by atoms with E-state index < -0.39 is 16.1 Å². The van der Waals surface area contributed by atoms with E-state index in [0.29, 0.717) is 27.4 Å². The van der Waals surface area contributed by atoms with Crippen LogP contribution in [-0.4, -0.2) is 29.4 Å². The Hall–Kier alpha value is -2.68. The molecule has 1 radical (unpaired) electrons. The van der Waals surface area contributed by atoms with E-state index in [1.807, 2.05) is 0 Å². The third-order valence-corrected chi connectivity index (χ3v) is 4.66. The van der Waals surface area contributed by atoms with Gasteiger partial charge in [0, 0.05) is 16.1 Å². The van der Waals surface area contributed by atoms with Gasteiger partial charge in [0.2, 0.25) is 10.0 Å². The van der Waals surface area contributed by atoms with Crippen molar-refractivity contribution in [2.24, 2.45) is 5.14 Å². The summed E-state index contributed by atoms with van der Waals surface area (Å²) in [6.45, 7) is 0. The van der Waals surface area contributed by atoms with Crippen LogP contribution >= 0.6 is 11.6 Å². The molecule has 2 aromatic carbocycles. The number of carboxylic acid groups (broad SMARTS) is 1. The van der Waals surface area contributed by atoms with Crippen molar-refractivity contribution in [3.8, 4) is 22.4 Å². The van der Waals surface area contributed by atoms with Crippen molar-refractivity contribution in [1.82, 2.24) is 9.78 Å². The number of hydrogen-bond donors (Lipinski definition) is 2. The lowest BCUT2D eigenvalue weighted by molar-refractivity contribution is 0.193. The van der Waals surface area contributed by atoms with Gasteiger partial charge in [0.25, 0.3) is 0 Å². The lowest BCUT2D eigenvalue weighted by Crippen LogP contribution is -2.12. The molecule has 1 aromatic heterocycles. The molecule has 0 spiro atoms. The summed E-state index contributed by atoms with van der Waals surface area (Å²) in [5.41, 5.74) is 1.83. The van der Waals surface area contributed by atoms with Gasteiger partial charge in [-0.15, -0.1) is 0 Å². The van der Waals surface area contributed by atoms with Crippen molar-refractivity contribution < 1.29 is 18.3 Å². The Morgan fingerprint density at radius 3 is 2.16 bits per heavy atom. The molecule has 0 aliphatic rings. The van der Waals surface area contributed by atoms with Crippen molar-refractivity contribution in [3.63, 3.8) is 0 Å². The van der Waals surface area contributed by atoms with Crippen molar-refractivity contribution in [2.75, 3.05) is 0 Å². The van der Waals surface area contributed by atoms with Gasteiger partial charge in [-0.05, 0) is 29.8 Å². The van der Waals surface area contributed by atoms with Crippen LogP contribution in [0.1, 0.15) is 0 Å². The molecule has 9 heteroatoms. The number of aromatic nitrogens is 2. The summed E-state index contributed by atoms with van der Waals surface area (Å²) in [4.78, 5) is 11.4. The second-order valence-corrected chi connectivity index (χ2v) is 7.10. The second kappa shape index (κ2) is 6.32. The van der Waals surface area contributed by atoms with Gasteiger partial charge in [0.1, 0.15) is 6.20 Å². The maximum Gasteiger partial charge on any atom is 0.432 e. The minimum Gasteiger partial charge on any atom is -0.463 e. The van der Waals surface area contributed by atoms with E-state index in [0.717, 1.165) is 4.68 Å². The zero-order valence-corrected chi connectivity index (χ0v) is 14.1. The number of nitrogens with two attached hydrogens (primary N) is 1. The predicted molar refractivity (Wildman–Crippen MR) is 91.7 cm³/mol. The fraction of sp³-hybridized carbons (Fsp3) is 0. The average Bonchev–Trinajstić information content (AvgIpc) is 3.00. The van der Waals surface area contributed by atoms with Gasteiger partial charge in [-0.25, -0.2) is 18.4 Å². The zero-order valence-electron chi connectivity index (χ0n) is 12.5. The maximum absolute atomic E-state index is 11.5. The first-order chi connectivity index (χ1) is 11.8. The third-order valence-electron chi connectivity index (χ3n) is 3.48. The molecule has 0 saturated carbocycles. The first-order valence-electron chi connectivity index (χ1n) is 6.90. The number of nitrogens with zero attached hydrogens (tertiary/aromatic N) is 2. The summed E-state index contributed by atoms with van der Waals surface area (Å²) in [7, 11) is -3.82. The Kier molecular flexibility index (Phi) is 4.34. The predicted octanol–water partition coefficient (Wildman–Crippen LogP) is 2.84. The molecule has 0 aliphatic heterocycles. The highest BCUT2D eigenvalue weighted by Crippen LogP contribution is 2.32. The molecule has 0 atom stereocenters. The van der Waals surface area contributed by atoms with Crippen LogP contribution in [0.4, 0.5) is 4.79 Å². The topological polar surface area (TPSA) is 115 Å². The molecule has 7 nitrogen and oxygen atoms in total. The summed E-state index contributed by atoms with van der Waals surface area (Å²) >= 11 is 5.88. The van der Waals surface area contributed by atoms with Crippen LogP contribution in [0, 0.1) is 6.20 Å². The molecule has 0 amide bonds. The number of primary sulfonamides is 1. The quantitative estimate of drug-likeness (QED) is 0.729. The Labute approximate surface area is 148 Å². The Morgan fingerprint density at radius 2 is 1.64 bits per heavy atom. The van der Waals surface area contributed by atoms with E-state index in [9.17, 15) is 18.3 Å². The van der Waals surface area contributed by atoms with E-state index in [1.165, 1.54) is 24.3 Å². The number of rotatable bonds is 3. The van der Waals surface area contributed by atoms with E-state index in [2.05, 4.69) is 11.3 Å². The van der Waals surface area contributed by atoms with Crippen molar-refractivity contribution >= 4 is 27.7 Å². The van der Waals surface area contributed by atoms with Crippen LogP contribution in [-0.2, 0) is 10.0 Å². The molecular formula is C16H11ClN3O4S. The fourth-order valence-electron chi connectivity index (χ4n) is 2.33. The fourth-order valence-corrected chi connectivity index (χ4v) is 2.98. The Balaban J connectivity index is 2.17. The van der Waals surface area contributed by atoms with E-state index in [1.54, 1.807) is 24.3 Å². The maximum atomic E-state index is 11.5. The minimum absolute atomic E-state index is 0.0464. The second-order valence-electron chi connectivity index (χ2n) is 5.11. The summed E-state index contributed by atoms with van der Waals surface area (Å²) in [5.74, 6) is 0. The molecule has 0 saturated heterocycles. The molecule has 0 bridgehead atoms. The van der Waals surface area contributed by atoms with Crippen LogP contribution in [0.5, 0.6) is 0 Å². The summed E-state index contributed by atoms with van der Waals surface area (Å²) in [6.07, 6.45) is 1.39. The number of hydrogen-bond acceptors (Lipinski definition) is 4. The molecule has 0 unspecified atom stereocenters. The van der Waals surface area contributed by atoms with Crippen LogP contribution < -0.4 is 5.14 Å².